The van der Waals surface area contributed by atoms with Crippen LogP contribution >= 0.6 is 0 Å². The number of hydrogen-bond acceptors (Lipinski definition) is 5. The zero-order valence-corrected chi connectivity index (χ0v) is 29.5. The largest absolute Gasteiger partial charge is 0.338 e. The number of piperidine rings is 2. The highest BCUT2D eigenvalue weighted by Gasteiger charge is 2.45. The van der Waals surface area contributed by atoms with Crippen molar-refractivity contribution >= 4 is 27.0 Å². The maximum atomic E-state index is 15.6. The van der Waals surface area contributed by atoms with E-state index in [1.807, 2.05) is 12.1 Å². The second-order valence-electron chi connectivity index (χ2n) is 14.6. The van der Waals surface area contributed by atoms with E-state index < -0.39 is 49.5 Å². The number of benzene rings is 3. The third-order valence-corrected chi connectivity index (χ3v) is 12.9. The van der Waals surface area contributed by atoms with E-state index in [4.69, 9.17) is 4.98 Å². The first-order valence-electron chi connectivity index (χ1n) is 17.6. The number of aryl methyl sites for hydroxylation is 1. The summed E-state index contributed by atoms with van der Waals surface area (Å²) in [5, 5.41) is 0. The van der Waals surface area contributed by atoms with Crippen molar-refractivity contribution in [2.45, 2.75) is 100 Å². The minimum absolute atomic E-state index is 0.192. The molecule has 1 aromatic heterocycles. The van der Waals surface area contributed by atoms with Crippen LogP contribution in [0.3, 0.4) is 0 Å². The van der Waals surface area contributed by atoms with Gasteiger partial charge in [0.2, 0.25) is 10.0 Å². The molecule has 4 aromatic rings. The van der Waals surface area contributed by atoms with Crippen LogP contribution in [0.25, 0.3) is 11.0 Å². The van der Waals surface area contributed by atoms with Crippen LogP contribution in [0.5, 0.6) is 0 Å². The van der Waals surface area contributed by atoms with Gasteiger partial charge in [-0.3, -0.25) is 9.69 Å². The molecule has 3 aromatic carbocycles. The SMILES string of the molecule is Cc1nc2ccccc2n1C1CC2CCC(C1)N2CCC1(c2cccc(F)c2)CCN(C(=O)c2c(F)ccc(S(=O)(=O)NC(C)C)c2F)CC1. The van der Waals surface area contributed by atoms with Gasteiger partial charge >= 0.3 is 0 Å². The summed E-state index contributed by atoms with van der Waals surface area (Å²) in [6.07, 6.45) is 6.02. The lowest BCUT2D eigenvalue weighted by molar-refractivity contribution is 0.0598. The number of fused-ring (bicyclic) bond motifs is 3. The molecule has 4 heterocycles. The summed E-state index contributed by atoms with van der Waals surface area (Å²) in [5.74, 6) is -2.70. The van der Waals surface area contributed by atoms with E-state index in [1.165, 1.54) is 16.5 Å². The number of likely N-dealkylation sites (tertiary alicyclic amines) is 1. The molecule has 50 heavy (non-hydrogen) atoms. The van der Waals surface area contributed by atoms with Crippen LogP contribution in [0.2, 0.25) is 0 Å². The van der Waals surface area contributed by atoms with Crippen LogP contribution in [0, 0.1) is 24.4 Å². The average Bonchev–Trinajstić information content (AvgIpc) is 3.53. The predicted molar refractivity (Wildman–Crippen MR) is 186 cm³/mol. The maximum Gasteiger partial charge on any atom is 0.259 e. The highest BCUT2D eigenvalue weighted by molar-refractivity contribution is 7.89. The molecule has 3 aliphatic rings. The van der Waals surface area contributed by atoms with E-state index >= 15 is 8.78 Å². The maximum absolute atomic E-state index is 15.6. The van der Waals surface area contributed by atoms with Crippen LogP contribution in [0.4, 0.5) is 13.2 Å². The number of nitrogens with one attached hydrogen (secondary N) is 1. The Balaban J connectivity index is 1.09. The Hall–Kier alpha value is -3.74. The Morgan fingerprint density at radius 2 is 1.66 bits per heavy atom. The van der Waals surface area contributed by atoms with Gasteiger partial charge in [-0.2, -0.15) is 0 Å². The minimum atomic E-state index is -4.31. The molecule has 0 saturated carbocycles. The number of rotatable bonds is 9. The normalized spacial score (nSPS) is 22.5. The lowest BCUT2D eigenvalue weighted by Gasteiger charge is -2.45. The molecule has 2 unspecified atom stereocenters. The lowest BCUT2D eigenvalue weighted by atomic mass is 9.70. The topological polar surface area (TPSA) is 87.5 Å². The zero-order chi connectivity index (χ0) is 35.4. The van der Waals surface area contributed by atoms with Crippen LogP contribution in [-0.4, -0.2) is 71.4 Å². The number of sulfonamides is 1. The van der Waals surface area contributed by atoms with Crippen LogP contribution < -0.4 is 4.72 Å². The molecule has 2 atom stereocenters. The fourth-order valence-corrected chi connectivity index (χ4v) is 10.2. The van der Waals surface area contributed by atoms with Gasteiger partial charge in [-0.15, -0.1) is 0 Å². The van der Waals surface area contributed by atoms with Crippen LogP contribution in [0.1, 0.15) is 86.6 Å². The predicted octanol–water partition coefficient (Wildman–Crippen LogP) is 6.88. The van der Waals surface area contributed by atoms with Gasteiger partial charge in [-0.25, -0.2) is 31.3 Å². The molecular weight excluding hydrogens is 664 g/mol. The summed E-state index contributed by atoms with van der Waals surface area (Å²) in [7, 11) is -4.31. The van der Waals surface area contributed by atoms with E-state index in [0.29, 0.717) is 31.0 Å². The van der Waals surface area contributed by atoms with E-state index in [0.717, 1.165) is 67.7 Å². The number of para-hydroxylation sites is 2. The number of carbonyl (C=O) groups is 1. The van der Waals surface area contributed by atoms with Crippen molar-refractivity contribution in [1.82, 2.24) is 24.1 Å². The molecule has 0 aliphatic carbocycles. The first kappa shape index (κ1) is 34.7. The zero-order valence-electron chi connectivity index (χ0n) is 28.7. The number of halogens is 3. The molecule has 1 N–H and O–H groups in total. The number of imidazole rings is 1. The summed E-state index contributed by atoms with van der Waals surface area (Å²) in [4.78, 5) is 21.7. The van der Waals surface area contributed by atoms with Gasteiger partial charge in [0.05, 0.1) is 11.0 Å². The third kappa shape index (κ3) is 6.34. The quantitative estimate of drug-likeness (QED) is 0.205. The molecule has 266 valence electrons. The Kier molecular flexibility index (Phi) is 9.32. The lowest BCUT2D eigenvalue weighted by Crippen LogP contribution is -2.49. The molecule has 3 saturated heterocycles. The second kappa shape index (κ2) is 13.4. The fourth-order valence-electron chi connectivity index (χ4n) is 8.90. The molecule has 3 fully saturated rings. The van der Waals surface area contributed by atoms with E-state index in [-0.39, 0.29) is 18.9 Å². The number of carbonyl (C=O) groups excluding carboxylic acids is 1. The summed E-state index contributed by atoms with van der Waals surface area (Å²) in [6, 6.07) is 17.3. The monoisotopic (exact) mass is 707 g/mol. The molecule has 7 rings (SSSR count). The second-order valence-corrected chi connectivity index (χ2v) is 16.3. The van der Waals surface area contributed by atoms with Crippen molar-refractivity contribution in [3.63, 3.8) is 0 Å². The van der Waals surface area contributed by atoms with E-state index in [1.54, 1.807) is 26.0 Å². The van der Waals surface area contributed by atoms with E-state index in [2.05, 4.69) is 39.3 Å². The molecule has 12 heteroatoms. The van der Waals surface area contributed by atoms with Gasteiger partial charge in [0, 0.05) is 37.3 Å². The molecule has 8 nitrogen and oxygen atoms in total. The standard InChI is InChI=1S/C38H44F3N5O3S/c1-24(2)43-50(48,49)34-14-13-31(40)35(36(34)41)37(47)44-18-15-38(16-19-44,26-7-6-8-27(39)21-26)17-20-45-28-11-12-29(45)23-30(22-28)46-25(3)42-32-9-4-5-10-33(32)46/h4-10,13-14,21,24,28-30,43H,11-12,15-20,22-23H2,1-3H3. The minimum Gasteiger partial charge on any atom is -0.338 e. The van der Waals surface area contributed by atoms with Gasteiger partial charge in [-0.05, 0) is 120 Å². The average molecular weight is 708 g/mol. The van der Waals surface area contributed by atoms with Crippen LogP contribution in [-0.2, 0) is 15.4 Å². The van der Waals surface area contributed by atoms with Crippen molar-refractivity contribution in [1.29, 1.82) is 0 Å². The Bertz CT molecular complexity index is 2010. The highest BCUT2D eigenvalue weighted by Crippen LogP contribution is 2.45. The van der Waals surface area contributed by atoms with Gasteiger partial charge in [-0.1, -0.05) is 24.3 Å². The van der Waals surface area contributed by atoms with Gasteiger partial charge in [0.1, 0.15) is 27.9 Å². The molecular formula is C38H44F3N5O3S. The van der Waals surface area contributed by atoms with Gasteiger partial charge < -0.3 is 9.47 Å². The Labute approximate surface area is 291 Å². The Morgan fingerprint density at radius 1 is 0.960 bits per heavy atom. The highest BCUT2D eigenvalue weighted by atomic mass is 32.2. The van der Waals surface area contributed by atoms with Crippen molar-refractivity contribution in [2.75, 3.05) is 19.6 Å². The number of nitrogens with zero attached hydrogens (tertiary/aromatic N) is 4. The molecule has 0 spiro atoms. The van der Waals surface area contributed by atoms with Gasteiger partial charge in [0.15, 0.2) is 5.82 Å². The summed E-state index contributed by atoms with van der Waals surface area (Å²) < 4.78 is 75.5. The van der Waals surface area contributed by atoms with Crippen molar-refractivity contribution in [3.05, 3.63) is 95.1 Å². The van der Waals surface area contributed by atoms with Crippen molar-refractivity contribution in [3.8, 4) is 0 Å². The number of aromatic nitrogens is 2. The Morgan fingerprint density at radius 3 is 2.34 bits per heavy atom. The van der Waals surface area contributed by atoms with Gasteiger partial charge in [0.25, 0.3) is 5.91 Å². The fraction of sp³-hybridized carbons (Fsp3) is 0.474. The number of amides is 1. The van der Waals surface area contributed by atoms with E-state index in [9.17, 15) is 17.6 Å². The first-order valence-corrected chi connectivity index (χ1v) is 19.1. The molecule has 3 aliphatic heterocycles. The third-order valence-electron chi connectivity index (χ3n) is 11.2. The smallest absolute Gasteiger partial charge is 0.259 e. The first-order chi connectivity index (χ1) is 23.9. The van der Waals surface area contributed by atoms with Crippen molar-refractivity contribution < 1.29 is 26.4 Å². The van der Waals surface area contributed by atoms with Crippen LogP contribution in [0.15, 0.2) is 65.6 Å². The molecule has 0 radical (unpaired) electrons. The summed E-state index contributed by atoms with van der Waals surface area (Å²) in [5.41, 5.74) is 1.73. The van der Waals surface area contributed by atoms with Crippen molar-refractivity contribution in [2.24, 2.45) is 0 Å². The summed E-state index contributed by atoms with van der Waals surface area (Å²) in [6.45, 7) is 6.46. The molecule has 1 amide bonds. The number of hydrogen-bond donors (Lipinski definition) is 1. The summed E-state index contributed by atoms with van der Waals surface area (Å²) >= 11 is 0. The molecule has 2 bridgehead atoms.